The number of carbonyl (C=O) groups is 1. The summed E-state index contributed by atoms with van der Waals surface area (Å²) in [5.74, 6) is -0.243. The lowest BCUT2D eigenvalue weighted by molar-refractivity contribution is -0.118. The fourth-order valence-corrected chi connectivity index (χ4v) is 3.49. The van der Waals surface area contributed by atoms with Crippen molar-refractivity contribution in [3.8, 4) is 0 Å². The average Bonchev–Trinajstić information content (AvgIpc) is 2.40. The van der Waals surface area contributed by atoms with Crippen molar-refractivity contribution in [3.63, 3.8) is 0 Å². The van der Waals surface area contributed by atoms with Gasteiger partial charge in [0.05, 0.1) is 6.54 Å². The Bertz CT molecular complexity index is 348. The molecule has 0 aromatic heterocycles. The van der Waals surface area contributed by atoms with Gasteiger partial charge in [-0.3, -0.25) is 4.79 Å². The van der Waals surface area contributed by atoms with Crippen LogP contribution in [0.4, 0.5) is 0 Å². The number of primary amides is 1. The monoisotopic (exact) mass is 267 g/mol. The third-order valence-electron chi connectivity index (χ3n) is 3.24. The second-order valence-corrected chi connectivity index (χ2v) is 5.89. The highest BCUT2D eigenvalue weighted by Crippen LogP contribution is 2.31. The van der Waals surface area contributed by atoms with Crippen LogP contribution in [0.25, 0.3) is 0 Å². The summed E-state index contributed by atoms with van der Waals surface area (Å²) in [4.78, 5) is 12.5. The highest BCUT2D eigenvalue weighted by Gasteiger charge is 2.23. The topological polar surface area (TPSA) is 58.4 Å². The third kappa shape index (κ3) is 4.15. The fourth-order valence-electron chi connectivity index (χ4n) is 2.29. The van der Waals surface area contributed by atoms with E-state index in [1.165, 1.54) is 4.91 Å². The van der Waals surface area contributed by atoms with E-state index in [1.54, 1.807) is 11.9 Å². The summed E-state index contributed by atoms with van der Waals surface area (Å²) in [6.45, 7) is 2.40. The summed E-state index contributed by atoms with van der Waals surface area (Å²) in [5, 5.41) is 3.35. The summed E-state index contributed by atoms with van der Waals surface area (Å²) in [5.41, 5.74) is 5.36. The van der Waals surface area contributed by atoms with Crippen LogP contribution in [-0.2, 0) is 4.79 Å². The maximum Gasteiger partial charge on any atom is 0.232 e. The normalized spacial score (nSPS) is 21.1. The van der Waals surface area contributed by atoms with Crippen molar-refractivity contribution in [1.82, 2.24) is 9.62 Å². The van der Waals surface area contributed by atoms with Gasteiger partial charge in [-0.1, -0.05) is 18.2 Å². The minimum absolute atomic E-state index is 0.243. The van der Waals surface area contributed by atoms with Gasteiger partial charge in [0.15, 0.2) is 0 Å². The van der Waals surface area contributed by atoms with Crippen molar-refractivity contribution in [2.75, 3.05) is 19.6 Å². The van der Waals surface area contributed by atoms with Crippen LogP contribution in [0.3, 0.4) is 0 Å². The summed E-state index contributed by atoms with van der Waals surface area (Å²) in [6.07, 6.45) is 10.7. The molecule has 0 radical (unpaired) electrons. The van der Waals surface area contributed by atoms with E-state index in [1.807, 2.05) is 0 Å². The Morgan fingerprint density at radius 3 is 2.89 bits per heavy atom. The largest absolute Gasteiger partial charge is 0.369 e. The molecule has 1 amide bonds. The van der Waals surface area contributed by atoms with Crippen LogP contribution in [0.1, 0.15) is 25.7 Å². The van der Waals surface area contributed by atoms with Crippen molar-refractivity contribution in [2.45, 2.75) is 31.7 Å². The van der Waals surface area contributed by atoms with Gasteiger partial charge in [0.25, 0.3) is 0 Å². The van der Waals surface area contributed by atoms with Crippen LogP contribution < -0.4 is 11.1 Å². The molecule has 0 aromatic carbocycles. The van der Waals surface area contributed by atoms with E-state index in [9.17, 15) is 4.79 Å². The predicted molar refractivity (Wildman–Crippen MR) is 75.8 cm³/mol. The Morgan fingerprint density at radius 2 is 2.28 bits per heavy atom. The number of hydrogen-bond acceptors (Lipinski definition) is 4. The molecule has 1 aliphatic heterocycles. The molecule has 0 spiro atoms. The van der Waals surface area contributed by atoms with Gasteiger partial charge in [0.2, 0.25) is 5.91 Å². The Morgan fingerprint density at radius 1 is 1.50 bits per heavy atom. The van der Waals surface area contributed by atoms with E-state index in [0.29, 0.717) is 12.6 Å². The zero-order valence-electron chi connectivity index (χ0n) is 10.6. The van der Waals surface area contributed by atoms with Crippen LogP contribution in [0.15, 0.2) is 23.1 Å². The first-order valence-corrected chi connectivity index (χ1v) is 7.32. The first-order valence-electron chi connectivity index (χ1n) is 6.55. The molecule has 0 atom stereocenters. The predicted octanol–water partition coefficient (Wildman–Crippen LogP) is 1.41. The van der Waals surface area contributed by atoms with Gasteiger partial charge in [-0.2, -0.15) is 0 Å². The highest BCUT2D eigenvalue weighted by atomic mass is 32.2. The maximum atomic E-state index is 11.2. The van der Waals surface area contributed by atoms with Gasteiger partial charge < -0.3 is 11.1 Å². The second kappa shape index (κ2) is 6.97. The lowest BCUT2D eigenvalue weighted by atomic mass is 10.1. The zero-order chi connectivity index (χ0) is 12.8. The van der Waals surface area contributed by atoms with Crippen molar-refractivity contribution in [1.29, 1.82) is 0 Å². The van der Waals surface area contributed by atoms with Gasteiger partial charge in [0, 0.05) is 10.9 Å². The quantitative estimate of drug-likeness (QED) is 0.739. The fraction of sp³-hybridized carbons (Fsp3) is 0.615. The molecule has 5 heteroatoms. The Hall–Kier alpha value is -0.780. The zero-order valence-corrected chi connectivity index (χ0v) is 11.4. The van der Waals surface area contributed by atoms with Gasteiger partial charge in [-0.05, 0) is 50.7 Å². The maximum absolute atomic E-state index is 11.2. The smallest absolute Gasteiger partial charge is 0.232 e. The molecule has 1 saturated heterocycles. The molecule has 0 unspecified atom stereocenters. The van der Waals surface area contributed by atoms with Crippen LogP contribution in [0.2, 0.25) is 0 Å². The van der Waals surface area contributed by atoms with Crippen molar-refractivity contribution < 1.29 is 4.79 Å². The van der Waals surface area contributed by atoms with Crippen molar-refractivity contribution in [3.05, 3.63) is 23.1 Å². The molecular formula is C13H21N3OS. The van der Waals surface area contributed by atoms with E-state index >= 15 is 0 Å². The number of piperidine rings is 1. The van der Waals surface area contributed by atoms with Crippen LogP contribution in [0.5, 0.6) is 0 Å². The molecule has 1 aliphatic carbocycles. The summed E-state index contributed by atoms with van der Waals surface area (Å²) < 4.78 is 2.17. The highest BCUT2D eigenvalue weighted by molar-refractivity contribution is 8.00. The molecule has 100 valence electrons. The molecule has 1 fully saturated rings. The number of amides is 1. The summed E-state index contributed by atoms with van der Waals surface area (Å²) in [6, 6.07) is 0.454. The molecule has 0 saturated carbocycles. The van der Waals surface area contributed by atoms with Gasteiger partial charge in [-0.25, -0.2) is 4.31 Å². The van der Waals surface area contributed by atoms with E-state index in [-0.39, 0.29) is 5.91 Å². The number of hydrogen-bond donors (Lipinski definition) is 2. The Labute approximate surface area is 113 Å². The van der Waals surface area contributed by atoms with Crippen molar-refractivity contribution >= 4 is 17.9 Å². The lowest BCUT2D eigenvalue weighted by Gasteiger charge is -2.33. The first kappa shape index (κ1) is 13.6. The number of allylic oxidation sites excluding steroid dienone is 4. The van der Waals surface area contributed by atoms with Gasteiger partial charge in [0.1, 0.15) is 0 Å². The number of nitrogens with zero attached hydrogens (tertiary/aromatic N) is 1. The SMILES string of the molecule is NC(=O)CN(SC1=CC=CCC1)C1CCNCC1. The molecule has 2 rings (SSSR count). The second-order valence-electron chi connectivity index (χ2n) is 4.71. The standard InChI is InChI=1S/C13H21N3OS/c14-13(17)10-16(11-6-8-15-9-7-11)18-12-4-2-1-3-5-12/h1-2,4,11,15H,3,5-10H2,(H2,14,17). The summed E-state index contributed by atoms with van der Waals surface area (Å²) >= 11 is 1.72. The molecule has 2 aliphatic rings. The number of nitrogens with two attached hydrogens (primary N) is 1. The lowest BCUT2D eigenvalue weighted by Crippen LogP contribution is -2.43. The molecular weight excluding hydrogens is 246 g/mol. The Balaban J connectivity index is 1.96. The molecule has 18 heavy (non-hydrogen) atoms. The average molecular weight is 267 g/mol. The summed E-state index contributed by atoms with van der Waals surface area (Å²) in [7, 11) is 0. The number of carbonyl (C=O) groups excluding carboxylic acids is 1. The molecule has 1 heterocycles. The Kier molecular flexibility index (Phi) is 5.28. The van der Waals surface area contributed by atoms with Crippen LogP contribution in [-0.4, -0.2) is 35.9 Å². The van der Waals surface area contributed by atoms with Gasteiger partial charge >= 0.3 is 0 Å². The van der Waals surface area contributed by atoms with E-state index in [0.717, 1.165) is 38.8 Å². The van der Waals surface area contributed by atoms with Crippen molar-refractivity contribution in [2.24, 2.45) is 5.73 Å². The van der Waals surface area contributed by atoms with Gasteiger partial charge in [-0.15, -0.1) is 0 Å². The third-order valence-corrected chi connectivity index (χ3v) is 4.47. The van der Waals surface area contributed by atoms with E-state index < -0.39 is 0 Å². The molecule has 0 bridgehead atoms. The van der Waals surface area contributed by atoms with Crippen LogP contribution >= 0.6 is 11.9 Å². The molecule has 4 nitrogen and oxygen atoms in total. The van der Waals surface area contributed by atoms with E-state index in [2.05, 4.69) is 27.9 Å². The first-order chi connectivity index (χ1) is 8.75. The number of nitrogens with one attached hydrogen (secondary N) is 1. The number of rotatable bonds is 5. The minimum Gasteiger partial charge on any atom is -0.369 e. The molecule has 0 aromatic rings. The molecule has 3 N–H and O–H groups in total. The minimum atomic E-state index is -0.243. The van der Waals surface area contributed by atoms with Crippen LogP contribution in [0, 0.1) is 0 Å². The van der Waals surface area contributed by atoms with E-state index in [4.69, 9.17) is 5.73 Å².